The van der Waals surface area contributed by atoms with E-state index >= 15 is 0 Å². The van der Waals surface area contributed by atoms with Gasteiger partial charge in [0.25, 0.3) is 11.8 Å². The molecule has 0 saturated heterocycles. The number of hydrogen-bond donors (Lipinski definition) is 0. The molecule has 82 valence electrons. The van der Waals surface area contributed by atoms with Gasteiger partial charge in [0, 0.05) is 17.8 Å². The number of allylic oxidation sites excluding steroid dienone is 4. The van der Waals surface area contributed by atoms with Gasteiger partial charge in [0.15, 0.2) is 0 Å². The maximum absolute atomic E-state index is 11.6. The second-order valence-electron chi connectivity index (χ2n) is 4.64. The molecule has 2 aliphatic carbocycles. The summed E-state index contributed by atoms with van der Waals surface area (Å²) < 4.78 is 0. The molecule has 0 fully saturated rings. The number of carbonyl (C=O) groups is 2. The van der Waals surface area contributed by atoms with Crippen LogP contribution in [0.3, 0.4) is 0 Å². The Morgan fingerprint density at radius 1 is 1.19 bits per heavy atom. The summed E-state index contributed by atoms with van der Waals surface area (Å²) in [5.41, 5.74) is 3.71. The lowest BCUT2D eigenvalue weighted by Gasteiger charge is -2.34. The predicted octanol–water partition coefficient (Wildman–Crippen LogP) is 1.93. The van der Waals surface area contributed by atoms with Crippen molar-refractivity contribution >= 4 is 11.8 Å². The third kappa shape index (κ3) is 1.21. The highest BCUT2D eigenvalue weighted by Crippen LogP contribution is 2.42. The predicted molar refractivity (Wildman–Crippen MR) is 59.1 cm³/mol. The minimum absolute atomic E-state index is 0.202. The molecule has 0 saturated carbocycles. The molecule has 16 heavy (non-hydrogen) atoms. The molecule has 0 radical (unpaired) electrons. The summed E-state index contributed by atoms with van der Waals surface area (Å²) in [5, 5.41) is 0. The monoisotopic (exact) mass is 215 g/mol. The molecule has 1 unspecified atom stereocenters. The molecule has 0 aromatic heterocycles. The lowest BCUT2D eigenvalue weighted by Crippen LogP contribution is -2.32. The van der Waals surface area contributed by atoms with E-state index in [1.165, 1.54) is 34.6 Å². The molecule has 0 aromatic carbocycles. The van der Waals surface area contributed by atoms with E-state index in [0.29, 0.717) is 5.92 Å². The highest BCUT2D eigenvalue weighted by atomic mass is 16.2. The van der Waals surface area contributed by atoms with E-state index in [9.17, 15) is 9.59 Å². The lowest BCUT2D eigenvalue weighted by atomic mass is 9.75. The zero-order valence-corrected chi connectivity index (χ0v) is 9.19. The van der Waals surface area contributed by atoms with Gasteiger partial charge in [0.2, 0.25) is 0 Å². The minimum Gasteiger partial charge on any atom is -0.269 e. The summed E-state index contributed by atoms with van der Waals surface area (Å²) in [5.74, 6) is 0.0728. The van der Waals surface area contributed by atoms with Gasteiger partial charge < -0.3 is 0 Å². The van der Waals surface area contributed by atoms with Gasteiger partial charge in [-0.3, -0.25) is 9.59 Å². The Morgan fingerprint density at radius 3 is 2.38 bits per heavy atom. The van der Waals surface area contributed by atoms with Gasteiger partial charge in [-0.25, -0.2) is 4.90 Å². The average molecular weight is 215 g/mol. The number of carbonyl (C=O) groups excluding carboxylic acids is 2. The number of nitrogens with zero attached hydrogens (tertiary/aromatic N) is 1. The van der Waals surface area contributed by atoms with Crippen molar-refractivity contribution < 1.29 is 9.59 Å². The van der Waals surface area contributed by atoms with Crippen LogP contribution >= 0.6 is 0 Å². The van der Waals surface area contributed by atoms with Crippen LogP contribution < -0.4 is 0 Å². The zero-order chi connectivity index (χ0) is 11.3. The first-order valence-corrected chi connectivity index (χ1v) is 5.65. The van der Waals surface area contributed by atoms with E-state index in [-0.39, 0.29) is 11.8 Å². The molecule has 0 spiro atoms. The molecule has 3 nitrogen and oxygen atoms in total. The first-order chi connectivity index (χ1) is 7.66. The van der Waals surface area contributed by atoms with Crippen molar-refractivity contribution in [2.75, 3.05) is 0 Å². The van der Waals surface area contributed by atoms with Crippen molar-refractivity contribution in [3.05, 3.63) is 35.1 Å². The molecule has 2 amide bonds. The summed E-state index contributed by atoms with van der Waals surface area (Å²) in [6, 6.07) is 0. The van der Waals surface area contributed by atoms with Crippen LogP contribution in [-0.2, 0) is 9.59 Å². The topological polar surface area (TPSA) is 37.4 Å². The van der Waals surface area contributed by atoms with Gasteiger partial charge in [-0.2, -0.15) is 0 Å². The van der Waals surface area contributed by atoms with Crippen molar-refractivity contribution in [2.45, 2.75) is 26.2 Å². The molecule has 1 heterocycles. The van der Waals surface area contributed by atoms with Crippen molar-refractivity contribution in [2.24, 2.45) is 5.92 Å². The largest absolute Gasteiger partial charge is 0.269 e. The van der Waals surface area contributed by atoms with Crippen LogP contribution in [0.1, 0.15) is 26.2 Å². The maximum Gasteiger partial charge on any atom is 0.257 e. The molecule has 0 bridgehead atoms. The number of rotatable bonds is 1. The van der Waals surface area contributed by atoms with Crippen LogP contribution in [-0.4, -0.2) is 16.7 Å². The van der Waals surface area contributed by atoms with E-state index in [2.05, 4.69) is 6.92 Å². The Bertz CT molecular complexity index is 464. The van der Waals surface area contributed by atoms with Crippen LogP contribution in [0.25, 0.3) is 0 Å². The maximum atomic E-state index is 11.6. The summed E-state index contributed by atoms with van der Waals surface area (Å²) in [4.78, 5) is 24.4. The van der Waals surface area contributed by atoms with Crippen molar-refractivity contribution in [1.82, 2.24) is 4.90 Å². The molecule has 1 aliphatic heterocycles. The van der Waals surface area contributed by atoms with Crippen molar-refractivity contribution in [1.29, 1.82) is 0 Å². The standard InChI is InChI=1S/C13H13NO2/c1-8-6-10(7-9-2-3-11(8)9)14-12(15)4-5-13(14)16/h4-5,7-8H,2-3,6H2,1H3. The summed E-state index contributed by atoms with van der Waals surface area (Å²) >= 11 is 0. The molecular weight excluding hydrogens is 202 g/mol. The fraction of sp³-hybridized carbons (Fsp3) is 0.385. The number of imide groups is 1. The third-order valence-electron chi connectivity index (χ3n) is 3.62. The van der Waals surface area contributed by atoms with Crippen LogP contribution in [0.4, 0.5) is 0 Å². The van der Waals surface area contributed by atoms with Crippen molar-refractivity contribution in [3.8, 4) is 0 Å². The summed E-state index contributed by atoms with van der Waals surface area (Å²) in [6.07, 6.45) is 7.80. The van der Waals surface area contributed by atoms with E-state index in [4.69, 9.17) is 0 Å². The van der Waals surface area contributed by atoms with Crippen LogP contribution in [0.2, 0.25) is 0 Å². The number of hydrogen-bond acceptors (Lipinski definition) is 2. The second-order valence-corrected chi connectivity index (χ2v) is 4.64. The van der Waals surface area contributed by atoms with Gasteiger partial charge in [0.1, 0.15) is 0 Å². The molecule has 1 atom stereocenters. The average Bonchev–Trinajstić information content (AvgIpc) is 2.50. The van der Waals surface area contributed by atoms with Gasteiger partial charge in [-0.05, 0) is 36.8 Å². The lowest BCUT2D eigenvalue weighted by molar-refractivity contribution is -0.134. The Labute approximate surface area is 94.1 Å². The normalized spacial score (nSPS) is 28.2. The Balaban J connectivity index is 1.95. The molecule has 3 aliphatic rings. The molecular formula is C13H13NO2. The van der Waals surface area contributed by atoms with E-state index in [1.54, 1.807) is 0 Å². The Morgan fingerprint density at radius 2 is 1.88 bits per heavy atom. The highest BCUT2D eigenvalue weighted by molar-refractivity contribution is 6.14. The van der Waals surface area contributed by atoms with E-state index in [0.717, 1.165) is 18.5 Å². The summed E-state index contributed by atoms with van der Waals surface area (Å²) in [7, 11) is 0. The van der Waals surface area contributed by atoms with Gasteiger partial charge >= 0.3 is 0 Å². The molecule has 0 aromatic rings. The zero-order valence-electron chi connectivity index (χ0n) is 9.19. The van der Waals surface area contributed by atoms with Gasteiger partial charge in [0.05, 0.1) is 0 Å². The van der Waals surface area contributed by atoms with E-state index < -0.39 is 0 Å². The van der Waals surface area contributed by atoms with Gasteiger partial charge in [-0.15, -0.1) is 0 Å². The third-order valence-corrected chi connectivity index (χ3v) is 3.62. The fourth-order valence-corrected chi connectivity index (χ4v) is 2.68. The fourth-order valence-electron chi connectivity index (χ4n) is 2.68. The van der Waals surface area contributed by atoms with Crippen LogP contribution in [0, 0.1) is 5.92 Å². The van der Waals surface area contributed by atoms with Crippen LogP contribution in [0.15, 0.2) is 35.1 Å². The first-order valence-electron chi connectivity index (χ1n) is 5.65. The summed E-state index contributed by atoms with van der Waals surface area (Å²) in [6.45, 7) is 2.17. The second kappa shape index (κ2) is 3.17. The van der Waals surface area contributed by atoms with Crippen LogP contribution in [0.5, 0.6) is 0 Å². The Hall–Kier alpha value is -1.64. The molecule has 3 rings (SSSR count). The molecule has 0 N–H and O–H groups in total. The minimum atomic E-state index is -0.202. The quantitative estimate of drug-likeness (QED) is 0.627. The number of amides is 2. The van der Waals surface area contributed by atoms with E-state index in [1.807, 2.05) is 6.08 Å². The SMILES string of the molecule is CC1CC(N2C(=O)C=CC2=O)=CC2=C1CC2. The molecule has 3 heteroatoms. The Kier molecular flexibility index (Phi) is 1.90. The van der Waals surface area contributed by atoms with Crippen molar-refractivity contribution in [3.63, 3.8) is 0 Å². The highest BCUT2D eigenvalue weighted by Gasteiger charge is 2.33. The smallest absolute Gasteiger partial charge is 0.257 e. The first kappa shape index (κ1) is 9.58. The van der Waals surface area contributed by atoms with Gasteiger partial charge in [-0.1, -0.05) is 12.5 Å².